The summed E-state index contributed by atoms with van der Waals surface area (Å²) in [5.41, 5.74) is 3.05. The Morgan fingerprint density at radius 3 is 2.96 bits per heavy atom. The molecular weight excluding hydrogens is 302 g/mol. The third kappa shape index (κ3) is 2.52. The molecule has 2 heterocycles. The van der Waals surface area contributed by atoms with Gasteiger partial charge in [0, 0.05) is 18.7 Å². The number of aryl methyl sites for hydroxylation is 1. The van der Waals surface area contributed by atoms with Gasteiger partial charge in [-0.2, -0.15) is 0 Å². The number of ether oxygens (including phenoxy) is 1. The lowest BCUT2D eigenvalue weighted by molar-refractivity contribution is -0.122. The van der Waals surface area contributed by atoms with Crippen molar-refractivity contribution in [3.63, 3.8) is 0 Å². The van der Waals surface area contributed by atoms with E-state index < -0.39 is 0 Å². The monoisotopic (exact) mass is 321 g/mol. The van der Waals surface area contributed by atoms with E-state index in [1.807, 2.05) is 49.4 Å². The van der Waals surface area contributed by atoms with Gasteiger partial charge in [0.25, 0.3) is 0 Å². The van der Waals surface area contributed by atoms with Crippen molar-refractivity contribution >= 4 is 16.9 Å². The molecular formula is C19H19N3O2. The number of hydrogen-bond donors (Lipinski definition) is 1. The summed E-state index contributed by atoms with van der Waals surface area (Å²) in [6, 6.07) is 15.8. The Hall–Kier alpha value is -2.82. The molecule has 3 aromatic rings. The number of nitrogens with zero attached hydrogens (tertiary/aromatic N) is 2. The average molecular weight is 321 g/mol. The maximum absolute atomic E-state index is 12.5. The number of rotatable bonds is 4. The molecule has 0 saturated heterocycles. The zero-order valence-electron chi connectivity index (χ0n) is 13.5. The van der Waals surface area contributed by atoms with E-state index in [2.05, 4.69) is 20.9 Å². The SMILES string of the molecule is Cc1nc2ccccc2n1CCNC(=O)C1COc2ccccc21. The van der Waals surface area contributed by atoms with Crippen molar-refractivity contribution in [2.24, 2.45) is 0 Å². The number of fused-ring (bicyclic) bond motifs is 2. The van der Waals surface area contributed by atoms with Crippen LogP contribution in [0.3, 0.4) is 0 Å². The Bertz CT molecular complexity index is 901. The van der Waals surface area contributed by atoms with E-state index in [0.717, 1.165) is 28.2 Å². The molecule has 0 radical (unpaired) electrons. The first-order valence-electron chi connectivity index (χ1n) is 8.15. The summed E-state index contributed by atoms with van der Waals surface area (Å²) in [6.45, 7) is 3.67. The van der Waals surface area contributed by atoms with Gasteiger partial charge in [-0.05, 0) is 25.1 Å². The van der Waals surface area contributed by atoms with Gasteiger partial charge in [-0.3, -0.25) is 4.79 Å². The average Bonchev–Trinajstić information content (AvgIpc) is 3.16. The van der Waals surface area contributed by atoms with Crippen LogP contribution in [0.15, 0.2) is 48.5 Å². The van der Waals surface area contributed by atoms with Crippen LogP contribution in [0.25, 0.3) is 11.0 Å². The lowest BCUT2D eigenvalue weighted by Gasteiger charge is -2.12. The first-order chi connectivity index (χ1) is 11.7. The zero-order valence-corrected chi connectivity index (χ0v) is 13.5. The van der Waals surface area contributed by atoms with Crippen LogP contribution in [0, 0.1) is 6.92 Å². The maximum atomic E-state index is 12.5. The third-order valence-corrected chi connectivity index (χ3v) is 4.50. The highest BCUT2D eigenvalue weighted by molar-refractivity contribution is 5.85. The van der Waals surface area contributed by atoms with E-state index >= 15 is 0 Å². The van der Waals surface area contributed by atoms with Crippen LogP contribution in [0.1, 0.15) is 17.3 Å². The van der Waals surface area contributed by atoms with E-state index in [1.54, 1.807) is 0 Å². The minimum atomic E-state index is -0.221. The molecule has 4 rings (SSSR count). The Balaban J connectivity index is 1.42. The first kappa shape index (κ1) is 14.8. The molecule has 1 aliphatic heterocycles. The number of para-hydroxylation sites is 3. The summed E-state index contributed by atoms with van der Waals surface area (Å²) in [4.78, 5) is 17.0. The van der Waals surface area contributed by atoms with Crippen molar-refractivity contribution in [2.75, 3.05) is 13.2 Å². The molecule has 0 aliphatic carbocycles. The number of carbonyl (C=O) groups excluding carboxylic acids is 1. The van der Waals surface area contributed by atoms with Gasteiger partial charge in [-0.25, -0.2) is 4.98 Å². The smallest absolute Gasteiger partial charge is 0.231 e. The highest BCUT2D eigenvalue weighted by Gasteiger charge is 2.29. The summed E-state index contributed by atoms with van der Waals surface area (Å²) < 4.78 is 7.72. The number of nitrogens with one attached hydrogen (secondary N) is 1. The Labute approximate surface area is 140 Å². The number of carbonyl (C=O) groups is 1. The van der Waals surface area contributed by atoms with E-state index in [0.29, 0.717) is 19.7 Å². The van der Waals surface area contributed by atoms with Crippen LogP contribution >= 0.6 is 0 Å². The second kappa shape index (κ2) is 6.00. The number of benzene rings is 2. The fourth-order valence-corrected chi connectivity index (χ4v) is 3.27. The second-order valence-corrected chi connectivity index (χ2v) is 5.99. The molecule has 24 heavy (non-hydrogen) atoms. The molecule has 5 heteroatoms. The fourth-order valence-electron chi connectivity index (χ4n) is 3.27. The summed E-state index contributed by atoms with van der Waals surface area (Å²) in [6.07, 6.45) is 0. The number of hydrogen-bond acceptors (Lipinski definition) is 3. The largest absolute Gasteiger partial charge is 0.492 e. The van der Waals surface area contributed by atoms with Crippen molar-refractivity contribution < 1.29 is 9.53 Å². The molecule has 1 unspecified atom stereocenters. The number of aromatic nitrogens is 2. The normalized spacial score (nSPS) is 16.0. The van der Waals surface area contributed by atoms with Crippen LogP contribution < -0.4 is 10.1 Å². The van der Waals surface area contributed by atoms with Gasteiger partial charge in [0.2, 0.25) is 5.91 Å². The predicted molar refractivity (Wildman–Crippen MR) is 92.2 cm³/mol. The summed E-state index contributed by atoms with van der Waals surface area (Å²) in [5.74, 6) is 1.57. The van der Waals surface area contributed by atoms with E-state index in [-0.39, 0.29) is 11.8 Å². The standard InChI is InChI=1S/C19H19N3O2/c1-13-21-16-7-3-4-8-17(16)22(13)11-10-20-19(23)15-12-24-18-9-5-2-6-14(15)18/h2-9,15H,10-12H2,1H3,(H,20,23). The molecule has 0 bridgehead atoms. The zero-order chi connectivity index (χ0) is 16.5. The van der Waals surface area contributed by atoms with Crippen LogP contribution in [0.4, 0.5) is 0 Å². The van der Waals surface area contributed by atoms with Crippen LogP contribution in [-0.4, -0.2) is 28.6 Å². The topological polar surface area (TPSA) is 56.2 Å². The molecule has 0 fully saturated rings. The first-order valence-corrected chi connectivity index (χ1v) is 8.15. The Kier molecular flexibility index (Phi) is 3.69. The summed E-state index contributed by atoms with van der Waals surface area (Å²) >= 11 is 0. The fraction of sp³-hybridized carbons (Fsp3) is 0.263. The number of amides is 1. The minimum absolute atomic E-state index is 0.0158. The van der Waals surface area contributed by atoms with Gasteiger partial charge < -0.3 is 14.6 Å². The molecule has 122 valence electrons. The Morgan fingerprint density at radius 1 is 1.25 bits per heavy atom. The van der Waals surface area contributed by atoms with Crippen molar-refractivity contribution in [1.82, 2.24) is 14.9 Å². The van der Waals surface area contributed by atoms with E-state index in [4.69, 9.17) is 4.74 Å². The molecule has 0 spiro atoms. The van der Waals surface area contributed by atoms with Crippen molar-refractivity contribution in [1.29, 1.82) is 0 Å². The van der Waals surface area contributed by atoms with Gasteiger partial charge >= 0.3 is 0 Å². The van der Waals surface area contributed by atoms with Crippen LogP contribution in [0.2, 0.25) is 0 Å². The van der Waals surface area contributed by atoms with Gasteiger partial charge in [0.15, 0.2) is 0 Å². The van der Waals surface area contributed by atoms with E-state index in [9.17, 15) is 4.79 Å². The van der Waals surface area contributed by atoms with Gasteiger partial charge in [-0.15, -0.1) is 0 Å². The van der Waals surface area contributed by atoms with Crippen LogP contribution in [0.5, 0.6) is 5.75 Å². The van der Waals surface area contributed by atoms with E-state index in [1.165, 1.54) is 0 Å². The lowest BCUT2D eigenvalue weighted by Crippen LogP contribution is -2.32. The molecule has 1 aromatic heterocycles. The predicted octanol–water partition coefficient (Wildman–Crippen LogP) is 2.64. The van der Waals surface area contributed by atoms with Gasteiger partial charge in [0.05, 0.1) is 11.0 Å². The molecule has 1 amide bonds. The molecule has 1 atom stereocenters. The Morgan fingerprint density at radius 2 is 2.04 bits per heavy atom. The highest BCUT2D eigenvalue weighted by atomic mass is 16.5. The highest BCUT2D eigenvalue weighted by Crippen LogP contribution is 2.33. The molecule has 1 N–H and O–H groups in total. The van der Waals surface area contributed by atoms with Crippen LogP contribution in [-0.2, 0) is 11.3 Å². The maximum Gasteiger partial charge on any atom is 0.231 e. The van der Waals surface area contributed by atoms with Crippen molar-refractivity contribution in [2.45, 2.75) is 19.4 Å². The van der Waals surface area contributed by atoms with Gasteiger partial charge in [0.1, 0.15) is 24.1 Å². The summed E-state index contributed by atoms with van der Waals surface area (Å²) in [5, 5.41) is 3.03. The number of imidazole rings is 1. The van der Waals surface area contributed by atoms with Gasteiger partial charge in [-0.1, -0.05) is 30.3 Å². The molecule has 2 aromatic carbocycles. The molecule has 5 nitrogen and oxygen atoms in total. The molecule has 1 aliphatic rings. The van der Waals surface area contributed by atoms with Crippen molar-refractivity contribution in [3.8, 4) is 5.75 Å². The lowest BCUT2D eigenvalue weighted by atomic mass is 10.0. The second-order valence-electron chi connectivity index (χ2n) is 5.99. The third-order valence-electron chi connectivity index (χ3n) is 4.50. The quantitative estimate of drug-likeness (QED) is 0.804. The van der Waals surface area contributed by atoms with Crippen molar-refractivity contribution in [3.05, 3.63) is 59.9 Å². The summed E-state index contributed by atoms with van der Waals surface area (Å²) in [7, 11) is 0. The minimum Gasteiger partial charge on any atom is -0.492 e. The molecule has 0 saturated carbocycles.